The Morgan fingerprint density at radius 2 is 2.14 bits per heavy atom. The summed E-state index contributed by atoms with van der Waals surface area (Å²) in [5.74, 6) is -0.404. The number of esters is 1. The Morgan fingerprint density at radius 3 is 2.79 bits per heavy atom. The van der Waals surface area contributed by atoms with Gasteiger partial charge >= 0.3 is 5.97 Å². The van der Waals surface area contributed by atoms with Gasteiger partial charge in [0.15, 0.2) is 0 Å². The second kappa shape index (κ2) is 5.61. The first-order chi connectivity index (χ1) is 6.84. The van der Waals surface area contributed by atoms with Gasteiger partial charge in [0.1, 0.15) is 0 Å². The summed E-state index contributed by atoms with van der Waals surface area (Å²) in [4.78, 5) is 13.8. The van der Waals surface area contributed by atoms with Gasteiger partial charge < -0.3 is 4.74 Å². The molecule has 0 radical (unpaired) electrons. The first-order valence-electron chi connectivity index (χ1n) is 4.07. The number of ether oxygens (including phenoxy) is 1. The Morgan fingerprint density at radius 1 is 1.43 bits per heavy atom. The van der Waals surface area contributed by atoms with E-state index < -0.39 is 5.97 Å². The second-order valence-electron chi connectivity index (χ2n) is 2.46. The summed E-state index contributed by atoms with van der Waals surface area (Å²) in [5.41, 5.74) is 8.46. The van der Waals surface area contributed by atoms with Crippen molar-refractivity contribution in [3.05, 3.63) is 46.3 Å². The molecule has 72 valence electrons. The lowest BCUT2D eigenvalue weighted by Crippen LogP contribution is -2.07. The van der Waals surface area contributed by atoms with E-state index in [4.69, 9.17) is 10.3 Å². The number of hydrogen-bond acceptors (Lipinski definition) is 3. The highest BCUT2D eigenvalue weighted by molar-refractivity contribution is 5.89. The Labute approximate surface area is 80.9 Å². The fraction of sp³-hybridized carbons (Fsp3) is 0.222. The lowest BCUT2D eigenvalue weighted by atomic mass is 10.2. The summed E-state index contributed by atoms with van der Waals surface area (Å²) in [5, 5.41) is 3.24. The Balaban J connectivity index is 2.40. The van der Waals surface area contributed by atoms with E-state index in [0.717, 1.165) is 0 Å². The Hall–Kier alpha value is -2.00. The average Bonchev–Trinajstić information content (AvgIpc) is 2.25. The standard InChI is InChI=1S/C9H9N3O2/c10-12-11-6-7-14-9(13)8-4-2-1-3-5-8/h1-5H,6-7H2. The summed E-state index contributed by atoms with van der Waals surface area (Å²) >= 11 is 0. The molecule has 14 heavy (non-hydrogen) atoms. The maximum atomic E-state index is 11.3. The molecule has 0 saturated heterocycles. The summed E-state index contributed by atoms with van der Waals surface area (Å²) in [6, 6.07) is 8.65. The van der Waals surface area contributed by atoms with Crippen molar-refractivity contribution in [1.82, 2.24) is 0 Å². The molecule has 0 spiro atoms. The largest absolute Gasteiger partial charge is 0.462 e. The van der Waals surface area contributed by atoms with Gasteiger partial charge in [-0.25, -0.2) is 4.79 Å². The maximum absolute atomic E-state index is 11.3. The van der Waals surface area contributed by atoms with Crippen LogP contribution in [0.5, 0.6) is 0 Å². The molecule has 0 amide bonds. The number of azide groups is 1. The molecule has 0 fully saturated rings. The number of benzene rings is 1. The third-order valence-corrected chi connectivity index (χ3v) is 1.50. The summed E-state index contributed by atoms with van der Waals surface area (Å²) in [7, 11) is 0. The van der Waals surface area contributed by atoms with Gasteiger partial charge in [-0.2, -0.15) is 0 Å². The smallest absolute Gasteiger partial charge is 0.338 e. The highest BCUT2D eigenvalue weighted by Crippen LogP contribution is 2.00. The predicted molar refractivity (Wildman–Crippen MR) is 50.7 cm³/mol. The number of rotatable bonds is 4. The molecular weight excluding hydrogens is 182 g/mol. The molecule has 0 bridgehead atoms. The first-order valence-corrected chi connectivity index (χ1v) is 4.07. The zero-order chi connectivity index (χ0) is 10.2. The number of nitrogens with zero attached hydrogens (tertiary/aromatic N) is 3. The van der Waals surface area contributed by atoms with Crippen molar-refractivity contribution in [2.45, 2.75) is 0 Å². The van der Waals surface area contributed by atoms with Crippen LogP contribution in [0.3, 0.4) is 0 Å². The molecule has 0 aliphatic heterocycles. The van der Waals surface area contributed by atoms with Crippen LogP contribution in [0, 0.1) is 0 Å². The zero-order valence-corrected chi connectivity index (χ0v) is 7.46. The quantitative estimate of drug-likeness (QED) is 0.240. The monoisotopic (exact) mass is 191 g/mol. The van der Waals surface area contributed by atoms with Crippen LogP contribution in [-0.2, 0) is 4.74 Å². The van der Waals surface area contributed by atoms with E-state index in [1.807, 2.05) is 6.07 Å². The van der Waals surface area contributed by atoms with Gasteiger partial charge in [0, 0.05) is 4.91 Å². The molecule has 5 heteroatoms. The van der Waals surface area contributed by atoms with E-state index in [2.05, 4.69) is 10.0 Å². The van der Waals surface area contributed by atoms with E-state index in [1.54, 1.807) is 24.3 Å². The van der Waals surface area contributed by atoms with E-state index in [0.29, 0.717) is 5.56 Å². The molecule has 0 saturated carbocycles. The van der Waals surface area contributed by atoms with Gasteiger partial charge in [0.2, 0.25) is 0 Å². The first kappa shape index (κ1) is 10.1. The molecule has 0 atom stereocenters. The van der Waals surface area contributed by atoms with Crippen molar-refractivity contribution in [3.63, 3.8) is 0 Å². The molecule has 0 aliphatic carbocycles. The van der Waals surface area contributed by atoms with Crippen LogP contribution >= 0.6 is 0 Å². The van der Waals surface area contributed by atoms with E-state index in [-0.39, 0.29) is 13.2 Å². The molecule has 0 heterocycles. The third kappa shape index (κ3) is 3.16. The molecular formula is C9H9N3O2. The van der Waals surface area contributed by atoms with Gasteiger partial charge in [-0.1, -0.05) is 23.3 Å². The molecule has 5 nitrogen and oxygen atoms in total. The van der Waals surface area contributed by atoms with Crippen molar-refractivity contribution in [1.29, 1.82) is 0 Å². The number of hydrogen-bond donors (Lipinski definition) is 0. The minimum atomic E-state index is -0.404. The Kier molecular flexibility index (Phi) is 4.04. The second-order valence-corrected chi connectivity index (χ2v) is 2.46. The number of carbonyl (C=O) groups is 1. The van der Waals surface area contributed by atoms with Crippen LogP contribution in [0.15, 0.2) is 35.4 Å². The molecule has 0 N–H and O–H groups in total. The van der Waals surface area contributed by atoms with Crippen LogP contribution in [0.25, 0.3) is 10.4 Å². The molecule has 0 aromatic heterocycles. The predicted octanol–water partition coefficient (Wildman–Crippen LogP) is 2.15. The van der Waals surface area contributed by atoms with Crippen LogP contribution in [0.2, 0.25) is 0 Å². The zero-order valence-electron chi connectivity index (χ0n) is 7.46. The van der Waals surface area contributed by atoms with E-state index in [1.165, 1.54) is 0 Å². The number of carbonyl (C=O) groups excluding carboxylic acids is 1. The highest BCUT2D eigenvalue weighted by atomic mass is 16.5. The molecule has 0 unspecified atom stereocenters. The van der Waals surface area contributed by atoms with Crippen molar-refractivity contribution in [2.75, 3.05) is 13.2 Å². The van der Waals surface area contributed by atoms with Gasteiger partial charge in [-0.3, -0.25) is 0 Å². The summed E-state index contributed by atoms with van der Waals surface area (Å²) < 4.78 is 4.83. The maximum Gasteiger partial charge on any atom is 0.338 e. The van der Waals surface area contributed by atoms with Gasteiger partial charge in [0.05, 0.1) is 18.7 Å². The van der Waals surface area contributed by atoms with Crippen molar-refractivity contribution in [3.8, 4) is 0 Å². The average molecular weight is 191 g/mol. The van der Waals surface area contributed by atoms with Crippen LogP contribution < -0.4 is 0 Å². The fourth-order valence-corrected chi connectivity index (χ4v) is 0.881. The van der Waals surface area contributed by atoms with Gasteiger partial charge in [-0.15, -0.1) is 0 Å². The molecule has 1 aromatic carbocycles. The van der Waals surface area contributed by atoms with Gasteiger partial charge in [0.25, 0.3) is 0 Å². The van der Waals surface area contributed by atoms with Gasteiger partial charge in [-0.05, 0) is 17.7 Å². The van der Waals surface area contributed by atoms with Crippen LogP contribution in [0.1, 0.15) is 10.4 Å². The molecule has 0 aliphatic rings. The normalized spacial score (nSPS) is 8.86. The molecule has 1 rings (SSSR count). The highest BCUT2D eigenvalue weighted by Gasteiger charge is 2.03. The molecule has 1 aromatic rings. The summed E-state index contributed by atoms with van der Waals surface area (Å²) in [6.07, 6.45) is 0. The summed E-state index contributed by atoms with van der Waals surface area (Å²) in [6.45, 7) is 0.271. The van der Waals surface area contributed by atoms with E-state index in [9.17, 15) is 4.79 Å². The third-order valence-electron chi connectivity index (χ3n) is 1.50. The van der Waals surface area contributed by atoms with E-state index >= 15 is 0 Å². The minimum absolute atomic E-state index is 0.109. The van der Waals surface area contributed by atoms with Crippen molar-refractivity contribution < 1.29 is 9.53 Å². The lowest BCUT2D eigenvalue weighted by molar-refractivity contribution is 0.0517. The SMILES string of the molecule is [N-]=[N+]=NCCOC(=O)c1ccccc1. The minimum Gasteiger partial charge on any atom is -0.462 e. The lowest BCUT2D eigenvalue weighted by Gasteiger charge is -2.01. The van der Waals surface area contributed by atoms with Crippen LogP contribution in [0.4, 0.5) is 0 Å². The fourth-order valence-electron chi connectivity index (χ4n) is 0.881. The van der Waals surface area contributed by atoms with Crippen molar-refractivity contribution >= 4 is 5.97 Å². The van der Waals surface area contributed by atoms with Crippen molar-refractivity contribution in [2.24, 2.45) is 5.11 Å². The van der Waals surface area contributed by atoms with Crippen LogP contribution in [-0.4, -0.2) is 19.1 Å². The topological polar surface area (TPSA) is 75.1 Å². The Bertz CT molecular complexity index is 344.